The van der Waals surface area contributed by atoms with Gasteiger partial charge in [-0.3, -0.25) is 4.57 Å². The van der Waals surface area contributed by atoms with Crippen molar-refractivity contribution in [1.29, 1.82) is 0 Å². The molecule has 0 saturated carbocycles. The lowest BCUT2D eigenvalue weighted by Gasteiger charge is -2.20. The van der Waals surface area contributed by atoms with Gasteiger partial charge in [-0.25, -0.2) is 23.1 Å². The molecule has 8 heteroatoms. The highest BCUT2D eigenvalue weighted by molar-refractivity contribution is 7.89. The molecule has 2 aromatic carbocycles. The second-order valence-corrected chi connectivity index (χ2v) is 11.1. The second kappa shape index (κ2) is 8.74. The molecule has 0 saturated heterocycles. The van der Waals surface area contributed by atoms with Crippen LogP contribution in [0.15, 0.2) is 78.1 Å². The van der Waals surface area contributed by atoms with Crippen molar-refractivity contribution in [3.63, 3.8) is 0 Å². The van der Waals surface area contributed by atoms with Crippen LogP contribution in [0.3, 0.4) is 0 Å². The molecule has 4 aromatic rings. The Balaban J connectivity index is 1.67. The zero-order chi connectivity index (χ0) is 23.8. The second-order valence-electron chi connectivity index (χ2n) is 8.94. The Morgan fingerprint density at radius 1 is 0.939 bits per heavy atom. The van der Waals surface area contributed by atoms with Crippen LogP contribution in [-0.2, 0) is 10.0 Å². The fourth-order valence-electron chi connectivity index (χ4n) is 3.43. The number of sulfonamides is 1. The summed E-state index contributed by atoms with van der Waals surface area (Å²) in [4.78, 5) is 9.47. The van der Waals surface area contributed by atoms with Gasteiger partial charge in [0.2, 0.25) is 10.0 Å². The van der Waals surface area contributed by atoms with Crippen LogP contribution in [0.2, 0.25) is 5.02 Å². The number of rotatable bonds is 5. The van der Waals surface area contributed by atoms with Crippen LogP contribution in [0.5, 0.6) is 0 Å². The van der Waals surface area contributed by atoms with Gasteiger partial charge in [0.1, 0.15) is 12.1 Å². The Labute approximate surface area is 199 Å². The van der Waals surface area contributed by atoms with Crippen molar-refractivity contribution >= 4 is 21.6 Å². The molecule has 0 aliphatic heterocycles. The Kier molecular flexibility index (Phi) is 6.14. The normalized spacial score (nSPS) is 12.2. The summed E-state index contributed by atoms with van der Waals surface area (Å²) in [6.07, 6.45) is 3.52. The molecule has 170 valence electrons. The molecule has 0 unspecified atom stereocenters. The van der Waals surface area contributed by atoms with E-state index in [2.05, 4.69) is 9.71 Å². The number of aryl methyl sites for hydroxylation is 1. The molecule has 0 fully saturated rings. The van der Waals surface area contributed by atoms with Crippen LogP contribution in [0.4, 0.5) is 0 Å². The van der Waals surface area contributed by atoms with Crippen LogP contribution in [0, 0.1) is 6.92 Å². The summed E-state index contributed by atoms with van der Waals surface area (Å²) in [6, 6.07) is 18.3. The van der Waals surface area contributed by atoms with Crippen molar-refractivity contribution in [3.8, 4) is 28.3 Å². The minimum Gasteiger partial charge on any atom is -0.290 e. The minimum atomic E-state index is -3.65. The highest BCUT2D eigenvalue weighted by Gasteiger charge is 2.22. The molecule has 0 radical (unpaired) electrons. The van der Waals surface area contributed by atoms with E-state index in [-0.39, 0.29) is 4.90 Å². The van der Waals surface area contributed by atoms with Gasteiger partial charge in [-0.1, -0.05) is 35.9 Å². The molecule has 0 aliphatic rings. The van der Waals surface area contributed by atoms with Gasteiger partial charge >= 0.3 is 0 Å². The number of benzene rings is 2. The quantitative estimate of drug-likeness (QED) is 0.401. The summed E-state index contributed by atoms with van der Waals surface area (Å²) >= 11 is 6.01. The number of nitrogens with zero attached hydrogens (tertiary/aromatic N) is 3. The Morgan fingerprint density at radius 2 is 1.67 bits per heavy atom. The van der Waals surface area contributed by atoms with Gasteiger partial charge in [0.05, 0.1) is 16.3 Å². The number of aromatic nitrogens is 3. The Hall–Kier alpha value is -3.00. The van der Waals surface area contributed by atoms with Crippen molar-refractivity contribution in [1.82, 2.24) is 19.3 Å². The van der Waals surface area contributed by atoms with Gasteiger partial charge in [0.15, 0.2) is 0 Å². The van der Waals surface area contributed by atoms with Crippen LogP contribution >= 0.6 is 11.6 Å². The number of pyridine rings is 1. The van der Waals surface area contributed by atoms with Gasteiger partial charge < -0.3 is 0 Å². The van der Waals surface area contributed by atoms with Crippen molar-refractivity contribution in [2.45, 2.75) is 38.1 Å². The van der Waals surface area contributed by atoms with Crippen molar-refractivity contribution in [2.75, 3.05) is 0 Å². The molecule has 2 heterocycles. The Morgan fingerprint density at radius 3 is 2.36 bits per heavy atom. The van der Waals surface area contributed by atoms with Crippen LogP contribution in [-0.4, -0.2) is 28.5 Å². The first-order valence-corrected chi connectivity index (χ1v) is 12.3. The monoisotopic (exact) mass is 480 g/mol. The maximum atomic E-state index is 12.7. The first-order valence-electron chi connectivity index (χ1n) is 10.4. The molecule has 33 heavy (non-hydrogen) atoms. The number of imidazole rings is 1. The molecule has 0 atom stereocenters. The minimum absolute atomic E-state index is 0.197. The maximum absolute atomic E-state index is 12.7. The smallest absolute Gasteiger partial charge is 0.241 e. The predicted molar refractivity (Wildman–Crippen MR) is 132 cm³/mol. The van der Waals surface area contributed by atoms with E-state index in [1.807, 2.05) is 80.9 Å². The first-order chi connectivity index (χ1) is 15.5. The maximum Gasteiger partial charge on any atom is 0.241 e. The lowest BCUT2D eigenvalue weighted by atomic mass is 10.1. The summed E-state index contributed by atoms with van der Waals surface area (Å²) < 4.78 is 30.0. The lowest BCUT2D eigenvalue weighted by Crippen LogP contribution is -2.40. The number of hydrogen-bond acceptors (Lipinski definition) is 4. The summed E-state index contributed by atoms with van der Waals surface area (Å²) in [5, 5.41) is 0.674. The van der Waals surface area contributed by atoms with E-state index in [9.17, 15) is 8.42 Å². The third-order valence-electron chi connectivity index (χ3n) is 4.82. The fraction of sp³-hybridized carbons (Fsp3) is 0.200. The number of nitrogens with one attached hydrogen (secondary N) is 1. The van der Waals surface area contributed by atoms with Gasteiger partial charge in [0, 0.05) is 27.9 Å². The van der Waals surface area contributed by atoms with E-state index in [4.69, 9.17) is 16.6 Å². The zero-order valence-electron chi connectivity index (χ0n) is 18.9. The summed E-state index contributed by atoms with van der Waals surface area (Å²) in [7, 11) is -3.65. The molecule has 1 N–H and O–H groups in total. The summed E-state index contributed by atoms with van der Waals surface area (Å²) in [5.74, 6) is 0.719. The van der Waals surface area contributed by atoms with Gasteiger partial charge in [-0.2, -0.15) is 0 Å². The van der Waals surface area contributed by atoms with Crippen molar-refractivity contribution in [2.24, 2.45) is 0 Å². The zero-order valence-corrected chi connectivity index (χ0v) is 20.4. The largest absolute Gasteiger partial charge is 0.290 e. The van der Waals surface area contributed by atoms with Crippen LogP contribution in [0.25, 0.3) is 28.3 Å². The standard InChI is InChI=1S/C25H25ClN4O2S/c1-17-12-22(18-8-10-20(26)11-9-18)28-24(13-17)30-15-23(27-16-30)19-6-5-7-21(14-19)33(31,32)29-25(2,3)4/h5-16,29H,1-4H3. The van der Waals surface area contributed by atoms with Gasteiger partial charge in [-0.15, -0.1) is 0 Å². The topological polar surface area (TPSA) is 76.9 Å². The molecule has 6 nitrogen and oxygen atoms in total. The Bertz CT molecular complexity index is 1410. The van der Waals surface area contributed by atoms with Gasteiger partial charge in [0.25, 0.3) is 0 Å². The highest BCUT2D eigenvalue weighted by atomic mass is 35.5. The lowest BCUT2D eigenvalue weighted by molar-refractivity contribution is 0.491. The molecule has 0 bridgehead atoms. The fourth-order valence-corrected chi connectivity index (χ4v) is 5.02. The predicted octanol–water partition coefficient (Wildman–Crippen LogP) is 5.64. The molecule has 0 amide bonds. The molecule has 0 aliphatic carbocycles. The average molecular weight is 481 g/mol. The third kappa shape index (κ3) is 5.50. The molecule has 4 rings (SSSR count). The van der Waals surface area contributed by atoms with Crippen LogP contribution < -0.4 is 4.72 Å². The van der Waals surface area contributed by atoms with Crippen molar-refractivity contribution < 1.29 is 8.42 Å². The summed E-state index contributed by atoms with van der Waals surface area (Å²) in [5.41, 5.74) is 3.64. The molecular formula is C25H25ClN4O2S. The van der Waals surface area contributed by atoms with E-state index in [1.54, 1.807) is 24.5 Å². The van der Waals surface area contributed by atoms with E-state index >= 15 is 0 Å². The third-order valence-corrected chi connectivity index (χ3v) is 6.83. The van der Waals surface area contributed by atoms with Crippen LogP contribution in [0.1, 0.15) is 26.3 Å². The molecule has 2 aromatic heterocycles. The van der Waals surface area contributed by atoms with E-state index in [1.165, 1.54) is 0 Å². The van der Waals surface area contributed by atoms with E-state index in [0.29, 0.717) is 16.3 Å². The number of halogens is 1. The number of hydrogen-bond donors (Lipinski definition) is 1. The average Bonchev–Trinajstić information content (AvgIpc) is 3.23. The van der Waals surface area contributed by atoms with Crippen molar-refractivity contribution in [3.05, 3.63) is 83.8 Å². The van der Waals surface area contributed by atoms with E-state index in [0.717, 1.165) is 22.6 Å². The molecular weight excluding hydrogens is 456 g/mol. The SMILES string of the molecule is Cc1cc(-c2ccc(Cl)cc2)nc(-n2cnc(-c3cccc(S(=O)(=O)NC(C)(C)C)c3)c2)c1. The highest BCUT2D eigenvalue weighted by Crippen LogP contribution is 2.25. The van der Waals surface area contributed by atoms with E-state index < -0.39 is 15.6 Å². The summed E-state index contributed by atoms with van der Waals surface area (Å²) in [6.45, 7) is 7.44. The van der Waals surface area contributed by atoms with Gasteiger partial charge in [-0.05, 0) is 69.7 Å². The first kappa shape index (κ1) is 23.2. The molecule has 0 spiro atoms.